The SMILES string of the molecule is COc1ccc(COC(=O)c2cc(S(=O)(=O)N(C)C)ccc2Cl)cc1F. The van der Waals surface area contributed by atoms with E-state index in [0.29, 0.717) is 5.56 Å². The van der Waals surface area contributed by atoms with Gasteiger partial charge in [-0.2, -0.15) is 0 Å². The predicted molar refractivity (Wildman–Crippen MR) is 94.4 cm³/mol. The Morgan fingerprint density at radius 1 is 1.19 bits per heavy atom. The number of esters is 1. The predicted octanol–water partition coefficient (Wildman–Crippen LogP) is 3.10. The molecular weight excluding hydrogens is 385 g/mol. The zero-order valence-electron chi connectivity index (χ0n) is 14.3. The van der Waals surface area contributed by atoms with Crippen molar-refractivity contribution >= 4 is 27.6 Å². The summed E-state index contributed by atoms with van der Waals surface area (Å²) in [7, 11) is 0.366. The lowest BCUT2D eigenvalue weighted by atomic mass is 10.2. The van der Waals surface area contributed by atoms with Crippen molar-refractivity contribution in [1.82, 2.24) is 4.31 Å². The summed E-state index contributed by atoms with van der Waals surface area (Å²) >= 11 is 5.98. The van der Waals surface area contributed by atoms with Crippen LogP contribution < -0.4 is 4.74 Å². The van der Waals surface area contributed by atoms with E-state index in [0.717, 1.165) is 10.4 Å². The summed E-state index contributed by atoms with van der Waals surface area (Å²) in [6.07, 6.45) is 0. The molecule has 2 rings (SSSR count). The summed E-state index contributed by atoms with van der Waals surface area (Å²) in [5, 5.41) is 0.0496. The van der Waals surface area contributed by atoms with Gasteiger partial charge in [0, 0.05) is 14.1 Å². The van der Waals surface area contributed by atoms with Gasteiger partial charge in [0.15, 0.2) is 11.6 Å². The van der Waals surface area contributed by atoms with Crippen LogP contribution in [0.4, 0.5) is 4.39 Å². The Morgan fingerprint density at radius 2 is 1.88 bits per heavy atom. The second-order valence-corrected chi connectivity index (χ2v) is 8.03. The molecule has 0 spiro atoms. The van der Waals surface area contributed by atoms with Crippen LogP contribution in [0.15, 0.2) is 41.3 Å². The fourth-order valence-corrected chi connectivity index (χ4v) is 3.18. The Bertz CT molecular complexity index is 931. The fourth-order valence-electron chi connectivity index (χ4n) is 2.06. The van der Waals surface area contributed by atoms with E-state index in [1.807, 2.05) is 0 Å². The number of nitrogens with zero attached hydrogens (tertiary/aromatic N) is 1. The molecular formula is C17H17ClFNO5S. The molecule has 0 fully saturated rings. The van der Waals surface area contributed by atoms with Crippen molar-refractivity contribution in [2.45, 2.75) is 11.5 Å². The van der Waals surface area contributed by atoms with Crippen LogP contribution in [0.5, 0.6) is 5.75 Å². The Balaban J connectivity index is 2.21. The van der Waals surface area contributed by atoms with Gasteiger partial charge in [-0.15, -0.1) is 0 Å². The van der Waals surface area contributed by atoms with Gasteiger partial charge in [-0.05, 0) is 35.9 Å². The van der Waals surface area contributed by atoms with Crippen molar-refractivity contribution in [2.75, 3.05) is 21.2 Å². The molecule has 0 saturated heterocycles. The molecule has 0 N–H and O–H groups in total. The van der Waals surface area contributed by atoms with Crippen LogP contribution in [0, 0.1) is 5.82 Å². The molecule has 2 aromatic carbocycles. The van der Waals surface area contributed by atoms with Gasteiger partial charge < -0.3 is 9.47 Å². The van der Waals surface area contributed by atoms with Gasteiger partial charge in [0.1, 0.15) is 6.61 Å². The quantitative estimate of drug-likeness (QED) is 0.695. The number of benzene rings is 2. The Hall–Kier alpha value is -2.16. The van der Waals surface area contributed by atoms with Crippen LogP contribution in [-0.4, -0.2) is 39.9 Å². The van der Waals surface area contributed by atoms with E-state index in [4.69, 9.17) is 21.1 Å². The molecule has 0 aliphatic rings. The third kappa shape index (κ3) is 4.32. The number of hydrogen-bond donors (Lipinski definition) is 0. The number of halogens is 2. The molecule has 0 radical (unpaired) electrons. The fraction of sp³-hybridized carbons (Fsp3) is 0.235. The van der Waals surface area contributed by atoms with E-state index in [9.17, 15) is 17.6 Å². The lowest BCUT2D eigenvalue weighted by Crippen LogP contribution is -2.22. The summed E-state index contributed by atoms with van der Waals surface area (Å²) in [6, 6.07) is 7.89. The number of carbonyl (C=O) groups is 1. The molecule has 2 aromatic rings. The van der Waals surface area contributed by atoms with Crippen LogP contribution in [0.3, 0.4) is 0 Å². The number of ether oxygens (including phenoxy) is 2. The Kier molecular flexibility index (Phi) is 6.22. The van der Waals surface area contributed by atoms with Gasteiger partial charge in [0.05, 0.1) is 22.6 Å². The number of rotatable bonds is 6. The molecule has 0 aliphatic carbocycles. The number of methoxy groups -OCH3 is 1. The number of hydrogen-bond acceptors (Lipinski definition) is 5. The van der Waals surface area contributed by atoms with Gasteiger partial charge in [0.2, 0.25) is 10.0 Å². The van der Waals surface area contributed by atoms with Crippen LogP contribution in [0.1, 0.15) is 15.9 Å². The van der Waals surface area contributed by atoms with Crippen molar-refractivity contribution < 1.29 is 27.1 Å². The van der Waals surface area contributed by atoms with Crippen molar-refractivity contribution in [3.05, 3.63) is 58.4 Å². The summed E-state index contributed by atoms with van der Waals surface area (Å²) in [6.45, 7) is -0.208. The molecule has 26 heavy (non-hydrogen) atoms. The number of sulfonamides is 1. The standard InChI is InChI=1S/C17H17ClFNO5S/c1-20(2)26(22,23)12-5-6-14(18)13(9-12)17(21)25-10-11-4-7-16(24-3)15(19)8-11/h4-9H,10H2,1-3H3. The van der Waals surface area contributed by atoms with Crippen molar-refractivity contribution in [3.63, 3.8) is 0 Å². The zero-order valence-corrected chi connectivity index (χ0v) is 15.9. The van der Waals surface area contributed by atoms with Crippen molar-refractivity contribution in [2.24, 2.45) is 0 Å². The molecule has 0 amide bonds. The minimum Gasteiger partial charge on any atom is -0.494 e. The molecule has 0 aliphatic heterocycles. The van der Waals surface area contributed by atoms with E-state index in [1.165, 1.54) is 45.5 Å². The zero-order chi connectivity index (χ0) is 19.5. The van der Waals surface area contributed by atoms with Crippen LogP contribution in [-0.2, 0) is 21.4 Å². The first-order valence-electron chi connectivity index (χ1n) is 7.38. The lowest BCUT2D eigenvalue weighted by molar-refractivity contribution is 0.0472. The molecule has 9 heteroatoms. The monoisotopic (exact) mass is 401 g/mol. The lowest BCUT2D eigenvalue weighted by Gasteiger charge is -2.13. The summed E-state index contributed by atoms with van der Waals surface area (Å²) in [4.78, 5) is 12.2. The first kappa shape index (κ1) is 20.2. The molecule has 0 atom stereocenters. The van der Waals surface area contributed by atoms with Crippen LogP contribution in [0.25, 0.3) is 0 Å². The second-order valence-electron chi connectivity index (χ2n) is 5.47. The van der Waals surface area contributed by atoms with Gasteiger partial charge in [-0.3, -0.25) is 0 Å². The normalized spacial score (nSPS) is 11.5. The Morgan fingerprint density at radius 3 is 2.46 bits per heavy atom. The highest BCUT2D eigenvalue weighted by molar-refractivity contribution is 7.89. The minimum atomic E-state index is -3.73. The first-order valence-corrected chi connectivity index (χ1v) is 9.20. The van der Waals surface area contributed by atoms with Gasteiger partial charge in [-0.25, -0.2) is 21.9 Å². The molecule has 140 valence electrons. The van der Waals surface area contributed by atoms with E-state index >= 15 is 0 Å². The third-order valence-corrected chi connectivity index (χ3v) is 5.66. The molecule has 6 nitrogen and oxygen atoms in total. The molecule has 0 heterocycles. The largest absolute Gasteiger partial charge is 0.494 e. The molecule has 0 unspecified atom stereocenters. The topological polar surface area (TPSA) is 72.9 Å². The first-order chi connectivity index (χ1) is 12.2. The van der Waals surface area contributed by atoms with Gasteiger partial charge >= 0.3 is 5.97 Å². The van der Waals surface area contributed by atoms with E-state index in [2.05, 4.69) is 0 Å². The summed E-state index contributed by atoms with van der Waals surface area (Å²) in [5.41, 5.74) is 0.313. The maximum absolute atomic E-state index is 13.7. The molecule has 0 saturated carbocycles. The Labute approximate surface area is 156 Å². The van der Waals surface area contributed by atoms with Crippen LogP contribution in [0.2, 0.25) is 5.02 Å². The van der Waals surface area contributed by atoms with E-state index in [1.54, 1.807) is 6.07 Å². The smallest absolute Gasteiger partial charge is 0.340 e. The van der Waals surface area contributed by atoms with E-state index < -0.39 is 21.8 Å². The second kappa shape index (κ2) is 8.03. The highest BCUT2D eigenvalue weighted by Crippen LogP contribution is 2.24. The van der Waals surface area contributed by atoms with Gasteiger partial charge in [0.25, 0.3) is 0 Å². The highest BCUT2D eigenvalue weighted by Gasteiger charge is 2.21. The summed E-state index contributed by atoms with van der Waals surface area (Å²) in [5.74, 6) is -1.33. The maximum Gasteiger partial charge on any atom is 0.340 e. The van der Waals surface area contributed by atoms with Gasteiger partial charge in [-0.1, -0.05) is 17.7 Å². The summed E-state index contributed by atoms with van der Waals surface area (Å²) < 4.78 is 49.0. The minimum absolute atomic E-state index is 0.0496. The molecule has 0 bridgehead atoms. The molecule has 0 aromatic heterocycles. The van der Waals surface area contributed by atoms with Crippen LogP contribution >= 0.6 is 11.6 Å². The third-order valence-electron chi connectivity index (χ3n) is 3.52. The number of carbonyl (C=O) groups excluding carboxylic acids is 1. The average Bonchev–Trinajstić information content (AvgIpc) is 2.59. The van der Waals surface area contributed by atoms with Crippen molar-refractivity contribution in [3.8, 4) is 5.75 Å². The highest BCUT2D eigenvalue weighted by atomic mass is 35.5. The van der Waals surface area contributed by atoms with E-state index in [-0.39, 0.29) is 27.8 Å². The van der Waals surface area contributed by atoms with Crippen molar-refractivity contribution in [1.29, 1.82) is 0 Å². The maximum atomic E-state index is 13.7. The average molecular weight is 402 g/mol.